The van der Waals surface area contributed by atoms with Gasteiger partial charge in [-0.3, -0.25) is 9.59 Å². The molecule has 1 fully saturated rings. The minimum absolute atomic E-state index is 0.0207. The van der Waals surface area contributed by atoms with Gasteiger partial charge in [0.05, 0.1) is 23.8 Å². The van der Waals surface area contributed by atoms with Crippen LogP contribution in [0.5, 0.6) is 0 Å². The van der Waals surface area contributed by atoms with Gasteiger partial charge in [-0.1, -0.05) is 30.3 Å². The molecule has 0 aromatic heterocycles. The average Bonchev–Trinajstić information content (AvgIpc) is 3.20. The van der Waals surface area contributed by atoms with Gasteiger partial charge in [-0.2, -0.15) is 5.10 Å². The molecule has 2 aliphatic rings. The molecule has 0 unspecified atom stereocenters. The maximum atomic E-state index is 12.1. The molecule has 0 saturated carbocycles. The van der Waals surface area contributed by atoms with Crippen molar-refractivity contribution in [2.45, 2.75) is 19.3 Å². The first-order valence-corrected chi connectivity index (χ1v) is 10.0. The van der Waals surface area contributed by atoms with Gasteiger partial charge in [0.25, 0.3) is 5.91 Å². The Hall–Kier alpha value is -2.22. The van der Waals surface area contributed by atoms with Gasteiger partial charge >= 0.3 is 5.97 Å². The fourth-order valence-electron chi connectivity index (χ4n) is 3.01. The lowest BCUT2D eigenvalue weighted by molar-refractivity contribution is -0.152. The molecule has 0 radical (unpaired) electrons. The minimum Gasteiger partial charge on any atom is -0.455 e. The van der Waals surface area contributed by atoms with Crippen molar-refractivity contribution in [2.75, 3.05) is 24.7 Å². The summed E-state index contributed by atoms with van der Waals surface area (Å²) in [6, 6.07) is 9.60. The molecule has 1 amide bonds. The second-order valence-corrected chi connectivity index (χ2v) is 8.54. The van der Waals surface area contributed by atoms with Crippen LogP contribution in [-0.4, -0.2) is 55.7 Å². The summed E-state index contributed by atoms with van der Waals surface area (Å²) in [6.45, 7) is 0.0886. The molecular weight excluding hydrogens is 344 g/mol. The van der Waals surface area contributed by atoms with Crippen molar-refractivity contribution in [3.8, 4) is 0 Å². The molecule has 1 aromatic rings. The lowest BCUT2D eigenvalue weighted by atomic mass is 10.1. The van der Waals surface area contributed by atoms with Crippen LogP contribution in [0.4, 0.5) is 0 Å². The average molecular weight is 364 g/mol. The van der Waals surface area contributed by atoms with E-state index >= 15 is 0 Å². The van der Waals surface area contributed by atoms with E-state index in [0.29, 0.717) is 19.4 Å². The number of benzene rings is 1. The second kappa shape index (κ2) is 7.35. The molecule has 8 heteroatoms. The Bertz CT molecular complexity index is 789. The number of hydrogen-bond acceptors (Lipinski definition) is 6. The zero-order valence-corrected chi connectivity index (χ0v) is 14.6. The third-order valence-corrected chi connectivity index (χ3v) is 6.17. The lowest BCUT2D eigenvalue weighted by Gasteiger charge is -2.12. The lowest BCUT2D eigenvalue weighted by Crippen LogP contribution is -2.29. The molecule has 1 atom stereocenters. The maximum Gasteiger partial charge on any atom is 0.306 e. The van der Waals surface area contributed by atoms with Gasteiger partial charge in [-0.25, -0.2) is 13.4 Å². The van der Waals surface area contributed by atoms with Crippen molar-refractivity contribution >= 4 is 27.4 Å². The molecule has 0 N–H and O–H groups in total. The molecule has 134 valence electrons. The molecule has 25 heavy (non-hydrogen) atoms. The molecule has 1 saturated heterocycles. The van der Waals surface area contributed by atoms with Crippen LogP contribution in [0.25, 0.3) is 0 Å². The predicted molar refractivity (Wildman–Crippen MR) is 91.6 cm³/mol. The largest absolute Gasteiger partial charge is 0.455 e. The molecule has 1 aromatic carbocycles. The maximum absolute atomic E-state index is 12.1. The molecule has 2 heterocycles. The van der Waals surface area contributed by atoms with Gasteiger partial charge < -0.3 is 4.74 Å². The third kappa shape index (κ3) is 4.66. The van der Waals surface area contributed by atoms with Gasteiger partial charge in [-0.05, 0) is 17.9 Å². The van der Waals surface area contributed by atoms with E-state index in [4.69, 9.17) is 4.74 Å². The Balaban J connectivity index is 1.47. The van der Waals surface area contributed by atoms with Crippen molar-refractivity contribution < 1.29 is 22.7 Å². The first-order chi connectivity index (χ1) is 11.9. The van der Waals surface area contributed by atoms with Crippen LogP contribution < -0.4 is 0 Å². The van der Waals surface area contributed by atoms with E-state index in [1.807, 2.05) is 30.3 Å². The Kier molecular flexibility index (Phi) is 5.17. The number of carbonyl (C=O) groups excluding carboxylic acids is 2. The fourth-order valence-corrected chi connectivity index (χ4v) is 4.88. The van der Waals surface area contributed by atoms with E-state index in [1.54, 1.807) is 0 Å². The van der Waals surface area contributed by atoms with E-state index in [0.717, 1.165) is 11.3 Å². The molecule has 7 nitrogen and oxygen atoms in total. The number of amides is 1. The number of sulfone groups is 1. The number of esters is 1. The van der Waals surface area contributed by atoms with Crippen LogP contribution in [0, 0.1) is 5.92 Å². The highest BCUT2D eigenvalue weighted by molar-refractivity contribution is 7.91. The summed E-state index contributed by atoms with van der Waals surface area (Å²) in [5, 5.41) is 5.60. The minimum atomic E-state index is -3.02. The van der Waals surface area contributed by atoms with Crippen LogP contribution in [-0.2, 0) is 24.2 Å². The summed E-state index contributed by atoms with van der Waals surface area (Å²) in [7, 11) is -3.02. The third-order valence-electron chi connectivity index (χ3n) is 4.34. The Labute approximate surface area is 146 Å². The number of hydrogen-bond donors (Lipinski definition) is 0. The van der Waals surface area contributed by atoms with Crippen LogP contribution in [0.15, 0.2) is 35.4 Å². The zero-order chi connectivity index (χ0) is 17.9. The van der Waals surface area contributed by atoms with Crippen LogP contribution in [0.3, 0.4) is 0 Å². The van der Waals surface area contributed by atoms with E-state index in [9.17, 15) is 18.0 Å². The summed E-state index contributed by atoms with van der Waals surface area (Å²) < 4.78 is 27.8. The summed E-state index contributed by atoms with van der Waals surface area (Å²) in [5.74, 6) is -0.982. The Morgan fingerprint density at radius 3 is 2.68 bits per heavy atom. The zero-order valence-electron chi connectivity index (χ0n) is 13.8. The van der Waals surface area contributed by atoms with Crippen molar-refractivity contribution in [1.29, 1.82) is 0 Å². The first-order valence-electron chi connectivity index (χ1n) is 8.22. The molecule has 3 rings (SSSR count). The van der Waals surface area contributed by atoms with Gasteiger partial charge in [0.15, 0.2) is 16.4 Å². The topological polar surface area (TPSA) is 93.1 Å². The highest BCUT2D eigenvalue weighted by atomic mass is 32.2. The SMILES string of the molecule is O=C(C[C@H]1CCS(=O)(=O)C1)OCC(=O)N1CCC(c2ccccc2)=N1. The number of rotatable bonds is 5. The van der Waals surface area contributed by atoms with Gasteiger partial charge in [0.1, 0.15) is 0 Å². The fraction of sp³-hybridized carbons (Fsp3) is 0.471. The smallest absolute Gasteiger partial charge is 0.306 e. The van der Waals surface area contributed by atoms with Crippen molar-refractivity contribution in [1.82, 2.24) is 5.01 Å². The van der Waals surface area contributed by atoms with Gasteiger partial charge in [0, 0.05) is 12.8 Å². The van der Waals surface area contributed by atoms with Gasteiger partial charge in [0.2, 0.25) is 0 Å². The molecule has 0 bridgehead atoms. The van der Waals surface area contributed by atoms with E-state index in [-0.39, 0.29) is 36.4 Å². The van der Waals surface area contributed by atoms with E-state index in [2.05, 4.69) is 5.10 Å². The van der Waals surface area contributed by atoms with Gasteiger partial charge in [-0.15, -0.1) is 0 Å². The van der Waals surface area contributed by atoms with E-state index in [1.165, 1.54) is 5.01 Å². The molecular formula is C17H20N2O5S. The van der Waals surface area contributed by atoms with Crippen molar-refractivity contribution in [3.05, 3.63) is 35.9 Å². The number of ether oxygens (including phenoxy) is 1. The van der Waals surface area contributed by atoms with Crippen LogP contribution in [0.2, 0.25) is 0 Å². The summed E-state index contributed by atoms with van der Waals surface area (Å²) in [6.07, 6.45) is 1.16. The van der Waals surface area contributed by atoms with Crippen LogP contribution in [0.1, 0.15) is 24.8 Å². The van der Waals surface area contributed by atoms with Crippen molar-refractivity contribution in [3.63, 3.8) is 0 Å². The second-order valence-electron chi connectivity index (χ2n) is 6.31. The molecule has 0 aliphatic carbocycles. The Morgan fingerprint density at radius 2 is 2.00 bits per heavy atom. The van der Waals surface area contributed by atoms with Crippen LogP contribution >= 0.6 is 0 Å². The standard InChI is InChI=1S/C17H20N2O5S/c20-16(11-24-17(21)10-13-7-9-25(22,23)12-13)19-8-6-15(18-19)14-4-2-1-3-5-14/h1-5,13H,6-12H2/t13-/m1/s1. The number of carbonyl (C=O) groups is 2. The monoisotopic (exact) mass is 364 g/mol. The highest BCUT2D eigenvalue weighted by Crippen LogP contribution is 2.22. The predicted octanol–water partition coefficient (Wildman–Crippen LogP) is 0.991. The highest BCUT2D eigenvalue weighted by Gasteiger charge is 2.30. The number of nitrogens with zero attached hydrogens (tertiary/aromatic N) is 2. The van der Waals surface area contributed by atoms with E-state index < -0.39 is 15.8 Å². The number of hydrazone groups is 1. The summed E-state index contributed by atoms with van der Waals surface area (Å²) in [5.41, 5.74) is 1.80. The molecule has 0 spiro atoms. The molecule has 2 aliphatic heterocycles. The Morgan fingerprint density at radius 1 is 1.24 bits per heavy atom. The summed E-state index contributed by atoms with van der Waals surface area (Å²) in [4.78, 5) is 23.9. The van der Waals surface area contributed by atoms with Crippen molar-refractivity contribution in [2.24, 2.45) is 11.0 Å². The first kappa shape index (κ1) is 17.6. The normalized spacial score (nSPS) is 21.8. The summed E-state index contributed by atoms with van der Waals surface area (Å²) >= 11 is 0. The quantitative estimate of drug-likeness (QED) is 0.727.